The highest BCUT2D eigenvalue weighted by molar-refractivity contribution is 5.86. The molecule has 1 saturated heterocycles. The molecule has 0 aromatic carbocycles. The second-order valence-corrected chi connectivity index (χ2v) is 6.16. The minimum absolute atomic E-state index is 0.0642. The van der Waals surface area contributed by atoms with E-state index < -0.39 is 6.04 Å². The predicted molar refractivity (Wildman–Crippen MR) is 88.1 cm³/mol. The van der Waals surface area contributed by atoms with Crippen LogP contribution in [-0.4, -0.2) is 64.2 Å². The van der Waals surface area contributed by atoms with Crippen LogP contribution in [0.5, 0.6) is 0 Å². The molecule has 1 aromatic rings. The third-order valence-electron chi connectivity index (χ3n) is 4.62. The van der Waals surface area contributed by atoms with Gasteiger partial charge in [0, 0.05) is 51.5 Å². The first kappa shape index (κ1) is 17.3. The summed E-state index contributed by atoms with van der Waals surface area (Å²) in [5.41, 5.74) is 1.22. The Morgan fingerprint density at radius 3 is 2.61 bits per heavy atom. The molecule has 1 atom stereocenters. The Hall–Kier alpha value is -2.05. The van der Waals surface area contributed by atoms with Gasteiger partial charge in [-0.3, -0.25) is 9.48 Å². The molecule has 23 heavy (non-hydrogen) atoms. The highest BCUT2D eigenvalue weighted by Gasteiger charge is 2.27. The van der Waals surface area contributed by atoms with Crippen molar-refractivity contribution in [1.82, 2.24) is 24.9 Å². The number of aryl methyl sites for hydroxylation is 1. The third kappa shape index (κ3) is 4.03. The molecule has 3 amide bonds. The Labute approximate surface area is 137 Å². The number of nitrogens with one attached hydrogen (secondary N) is 1. The molecule has 1 aliphatic heterocycles. The first-order valence-electron chi connectivity index (χ1n) is 8.22. The quantitative estimate of drug-likeness (QED) is 0.905. The van der Waals surface area contributed by atoms with Crippen LogP contribution in [0.15, 0.2) is 12.3 Å². The summed E-state index contributed by atoms with van der Waals surface area (Å²) in [5, 5.41) is 7.01. The van der Waals surface area contributed by atoms with Crippen molar-refractivity contribution in [3.8, 4) is 0 Å². The van der Waals surface area contributed by atoms with Crippen LogP contribution in [0.25, 0.3) is 0 Å². The zero-order chi connectivity index (χ0) is 17.0. The normalized spacial score (nSPS) is 17.0. The molecule has 128 valence electrons. The SMILES string of the molecule is CCN(C)C(=O)C(C)NC(=O)N1CCC(c2ccnn2C)CC1. The summed E-state index contributed by atoms with van der Waals surface area (Å²) in [6.45, 7) is 5.68. The maximum atomic E-state index is 12.3. The van der Waals surface area contributed by atoms with Crippen LogP contribution in [0.1, 0.15) is 38.3 Å². The van der Waals surface area contributed by atoms with Gasteiger partial charge in [-0.15, -0.1) is 0 Å². The van der Waals surface area contributed by atoms with Gasteiger partial charge >= 0.3 is 6.03 Å². The molecule has 0 bridgehead atoms. The maximum Gasteiger partial charge on any atom is 0.318 e. The van der Waals surface area contributed by atoms with Crippen molar-refractivity contribution in [3.63, 3.8) is 0 Å². The average molecular weight is 321 g/mol. The molecular formula is C16H27N5O2. The summed E-state index contributed by atoms with van der Waals surface area (Å²) in [5.74, 6) is 0.377. The van der Waals surface area contributed by atoms with E-state index in [1.165, 1.54) is 5.69 Å². The van der Waals surface area contributed by atoms with Crippen molar-refractivity contribution >= 4 is 11.9 Å². The molecule has 1 N–H and O–H groups in total. The van der Waals surface area contributed by atoms with Crippen molar-refractivity contribution in [1.29, 1.82) is 0 Å². The van der Waals surface area contributed by atoms with Crippen LogP contribution in [0.2, 0.25) is 0 Å². The summed E-state index contributed by atoms with van der Waals surface area (Å²) in [6.07, 6.45) is 3.65. The number of piperidine rings is 1. The lowest BCUT2D eigenvalue weighted by molar-refractivity contribution is -0.131. The molecule has 0 spiro atoms. The van der Waals surface area contributed by atoms with Crippen LogP contribution < -0.4 is 5.32 Å². The van der Waals surface area contributed by atoms with E-state index in [0.717, 1.165) is 12.8 Å². The van der Waals surface area contributed by atoms with Crippen molar-refractivity contribution in [3.05, 3.63) is 18.0 Å². The van der Waals surface area contributed by atoms with E-state index in [4.69, 9.17) is 0 Å². The zero-order valence-corrected chi connectivity index (χ0v) is 14.5. The topological polar surface area (TPSA) is 70.5 Å². The van der Waals surface area contributed by atoms with Crippen molar-refractivity contribution in [2.24, 2.45) is 7.05 Å². The molecule has 2 rings (SSSR count). The Morgan fingerprint density at radius 2 is 2.09 bits per heavy atom. The molecule has 1 unspecified atom stereocenters. The van der Waals surface area contributed by atoms with Crippen molar-refractivity contribution in [2.45, 2.75) is 38.6 Å². The number of carbonyl (C=O) groups is 2. The molecular weight excluding hydrogens is 294 g/mol. The minimum atomic E-state index is -0.498. The van der Waals surface area contributed by atoms with Crippen LogP contribution in [0.3, 0.4) is 0 Å². The molecule has 1 fully saturated rings. The number of hydrogen-bond acceptors (Lipinski definition) is 3. The number of urea groups is 1. The Bertz CT molecular complexity index is 548. The standard InChI is InChI=1S/C16H27N5O2/c1-5-19(3)15(22)12(2)18-16(23)21-10-7-13(8-11-21)14-6-9-17-20(14)4/h6,9,12-13H,5,7-8,10-11H2,1-4H3,(H,18,23). The molecule has 0 saturated carbocycles. The van der Waals surface area contributed by atoms with E-state index in [1.807, 2.05) is 30.9 Å². The fourth-order valence-corrected chi connectivity index (χ4v) is 2.99. The second kappa shape index (κ2) is 7.48. The van der Waals surface area contributed by atoms with E-state index in [-0.39, 0.29) is 11.9 Å². The van der Waals surface area contributed by atoms with Crippen molar-refractivity contribution in [2.75, 3.05) is 26.7 Å². The van der Waals surface area contributed by atoms with Gasteiger partial charge in [0.2, 0.25) is 5.91 Å². The van der Waals surface area contributed by atoms with Gasteiger partial charge in [0.05, 0.1) is 0 Å². The molecule has 7 heteroatoms. The lowest BCUT2D eigenvalue weighted by Crippen LogP contribution is -2.51. The Morgan fingerprint density at radius 1 is 1.43 bits per heavy atom. The lowest BCUT2D eigenvalue weighted by Gasteiger charge is -2.33. The van der Waals surface area contributed by atoms with E-state index in [9.17, 15) is 9.59 Å². The number of likely N-dealkylation sites (N-methyl/N-ethyl adjacent to an activating group) is 1. The summed E-state index contributed by atoms with van der Waals surface area (Å²) in [4.78, 5) is 27.7. The molecule has 7 nitrogen and oxygen atoms in total. The van der Waals surface area contributed by atoms with Gasteiger partial charge in [0.1, 0.15) is 6.04 Å². The minimum Gasteiger partial charge on any atom is -0.344 e. The van der Waals surface area contributed by atoms with Gasteiger partial charge in [0.15, 0.2) is 0 Å². The number of likely N-dealkylation sites (tertiary alicyclic amines) is 1. The van der Waals surface area contributed by atoms with Gasteiger partial charge in [-0.1, -0.05) is 0 Å². The summed E-state index contributed by atoms with van der Waals surface area (Å²) < 4.78 is 1.90. The smallest absolute Gasteiger partial charge is 0.318 e. The first-order valence-corrected chi connectivity index (χ1v) is 8.22. The largest absolute Gasteiger partial charge is 0.344 e. The summed E-state index contributed by atoms with van der Waals surface area (Å²) in [7, 11) is 3.69. The van der Waals surface area contributed by atoms with Gasteiger partial charge in [-0.25, -0.2) is 4.79 Å². The third-order valence-corrected chi connectivity index (χ3v) is 4.62. The number of rotatable bonds is 4. The molecule has 0 aliphatic carbocycles. The predicted octanol–water partition coefficient (Wildman–Crippen LogP) is 1.18. The summed E-state index contributed by atoms with van der Waals surface area (Å²) >= 11 is 0. The molecule has 1 aliphatic rings. The monoisotopic (exact) mass is 321 g/mol. The Kier molecular flexibility index (Phi) is 5.63. The van der Waals surface area contributed by atoms with Gasteiger partial charge in [-0.05, 0) is 32.8 Å². The fourth-order valence-electron chi connectivity index (χ4n) is 2.99. The van der Waals surface area contributed by atoms with E-state index in [0.29, 0.717) is 25.6 Å². The van der Waals surface area contributed by atoms with Crippen LogP contribution in [0.4, 0.5) is 4.79 Å². The molecule has 2 heterocycles. The van der Waals surface area contributed by atoms with Gasteiger partial charge in [-0.2, -0.15) is 5.10 Å². The van der Waals surface area contributed by atoms with Gasteiger partial charge in [0.25, 0.3) is 0 Å². The zero-order valence-electron chi connectivity index (χ0n) is 14.5. The van der Waals surface area contributed by atoms with E-state index in [1.54, 1.807) is 23.8 Å². The van der Waals surface area contributed by atoms with Crippen LogP contribution in [0, 0.1) is 0 Å². The second-order valence-electron chi connectivity index (χ2n) is 6.16. The fraction of sp³-hybridized carbons (Fsp3) is 0.688. The van der Waals surface area contributed by atoms with E-state index >= 15 is 0 Å². The van der Waals surface area contributed by atoms with Gasteiger partial charge < -0.3 is 15.1 Å². The molecule has 1 aromatic heterocycles. The number of amides is 3. The van der Waals surface area contributed by atoms with Crippen molar-refractivity contribution < 1.29 is 9.59 Å². The number of aromatic nitrogens is 2. The number of hydrogen-bond donors (Lipinski definition) is 1. The highest BCUT2D eigenvalue weighted by Crippen LogP contribution is 2.27. The van der Waals surface area contributed by atoms with Crippen LogP contribution in [-0.2, 0) is 11.8 Å². The molecule has 0 radical (unpaired) electrons. The van der Waals surface area contributed by atoms with E-state index in [2.05, 4.69) is 10.4 Å². The summed E-state index contributed by atoms with van der Waals surface area (Å²) in [6, 6.07) is 1.39. The average Bonchev–Trinajstić information content (AvgIpc) is 2.99. The Balaban J connectivity index is 1.84. The number of nitrogens with zero attached hydrogens (tertiary/aromatic N) is 4. The highest BCUT2D eigenvalue weighted by atomic mass is 16.2. The lowest BCUT2D eigenvalue weighted by atomic mass is 9.93. The first-order chi connectivity index (χ1) is 10.9. The maximum absolute atomic E-state index is 12.3. The van der Waals surface area contributed by atoms with Crippen LogP contribution >= 0.6 is 0 Å². The number of carbonyl (C=O) groups excluding carboxylic acids is 2.